The van der Waals surface area contributed by atoms with E-state index in [1.165, 1.54) is 0 Å². The SMILES string of the molecule is CC(N=O)C(C)ON. The normalized spacial score (nSPS) is 17.4. The van der Waals surface area contributed by atoms with Gasteiger partial charge >= 0.3 is 0 Å². The molecule has 0 spiro atoms. The van der Waals surface area contributed by atoms with Crippen molar-refractivity contribution in [2.45, 2.75) is 26.0 Å². The second-order valence-corrected chi connectivity index (χ2v) is 1.69. The Hall–Kier alpha value is -0.480. The fourth-order valence-corrected chi connectivity index (χ4v) is 0.199. The van der Waals surface area contributed by atoms with Gasteiger partial charge < -0.3 is 0 Å². The van der Waals surface area contributed by atoms with E-state index in [1.807, 2.05) is 0 Å². The molecule has 0 amide bonds. The Morgan fingerprint density at radius 3 is 2.25 bits per heavy atom. The monoisotopic (exact) mass is 118 g/mol. The Morgan fingerprint density at radius 2 is 2.12 bits per heavy atom. The number of hydrogen-bond acceptors (Lipinski definition) is 4. The topological polar surface area (TPSA) is 64.7 Å². The first kappa shape index (κ1) is 7.52. The van der Waals surface area contributed by atoms with E-state index in [-0.39, 0.29) is 12.1 Å². The minimum absolute atomic E-state index is 0.285. The van der Waals surface area contributed by atoms with Gasteiger partial charge in [0.2, 0.25) is 0 Å². The molecule has 2 unspecified atom stereocenters. The molecule has 0 rings (SSSR count). The summed E-state index contributed by atoms with van der Waals surface area (Å²) in [7, 11) is 0. The van der Waals surface area contributed by atoms with Gasteiger partial charge in [-0.25, -0.2) is 5.90 Å². The summed E-state index contributed by atoms with van der Waals surface area (Å²) >= 11 is 0. The molecule has 0 aromatic carbocycles. The van der Waals surface area contributed by atoms with E-state index in [9.17, 15) is 4.91 Å². The highest BCUT2D eigenvalue weighted by Crippen LogP contribution is 1.97. The lowest BCUT2D eigenvalue weighted by atomic mass is 10.2. The third-order valence-electron chi connectivity index (χ3n) is 1.06. The molecule has 2 N–H and O–H groups in total. The van der Waals surface area contributed by atoms with E-state index in [1.54, 1.807) is 13.8 Å². The summed E-state index contributed by atoms with van der Waals surface area (Å²) in [5.74, 6) is 4.75. The molecular weight excluding hydrogens is 108 g/mol. The van der Waals surface area contributed by atoms with E-state index in [0.29, 0.717) is 0 Å². The molecule has 0 aromatic rings. The largest absolute Gasteiger partial charge is 0.299 e. The summed E-state index contributed by atoms with van der Waals surface area (Å²) in [6.07, 6.45) is -0.285. The van der Waals surface area contributed by atoms with Crippen LogP contribution in [0.3, 0.4) is 0 Å². The number of nitroso groups, excluding NO2 is 1. The minimum atomic E-state index is -0.361. The van der Waals surface area contributed by atoms with E-state index in [0.717, 1.165) is 0 Å². The fraction of sp³-hybridized carbons (Fsp3) is 1.00. The number of rotatable bonds is 3. The van der Waals surface area contributed by atoms with Crippen LogP contribution in [-0.2, 0) is 4.84 Å². The zero-order valence-electron chi connectivity index (χ0n) is 5.00. The van der Waals surface area contributed by atoms with Crippen LogP contribution in [0.4, 0.5) is 0 Å². The van der Waals surface area contributed by atoms with Crippen LogP contribution in [0, 0.1) is 4.91 Å². The molecule has 0 heterocycles. The van der Waals surface area contributed by atoms with Gasteiger partial charge in [0.15, 0.2) is 0 Å². The first-order valence-corrected chi connectivity index (χ1v) is 2.40. The summed E-state index contributed by atoms with van der Waals surface area (Å²) < 4.78 is 0. The maximum atomic E-state index is 9.72. The second-order valence-electron chi connectivity index (χ2n) is 1.69. The fourth-order valence-electron chi connectivity index (χ4n) is 0.199. The third kappa shape index (κ3) is 1.99. The van der Waals surface area contributed by atoms with Crippen LogP contribution in [0.2, 0.25) is 0 Å². The van der Waals surface area contributed by atoms with Crippen molar-refractivity contribution in [2.24, 2.45) is 11.1 Å². The molecule has 4 nitrogen and oxygen atoms in total. The zero-order valence-corrected chi connectivity index (χ0v) is 5.00. The first-order valence-electron chi connectivity index (χ1n) is 2.40. The van der Waals surface area contributed by atoms with Gasteiger partial charge in [0.05, 0.1) is 0 Å². The second kappa shape index (κ2) is 3.51. The average molecular weight is 118 g/mol. The highest BCUT2D eigenvalue weighted by molar-refractivity contribution is 4.64. The lowest BCUT2D eigenvalue weighted by Gasteiger charge is -2.08. The molecule has 0 aliphatic heterocycles. The maximum absolute atomic E-state index is 9.72. The first-order chi connectivity index (χ1) is 3.72. The van der Waals surface area contributed by atoms with Crippen LogP contribution in [0.15, 0.2) is 5.18 Å². The average Bonchev–Trinajstić information content (AvgIpc) is 1.84. The Labute approximate surface area is 47.9 Å². The van der Waals surface area contributed by atoms with Crippen molar-refractivity contribution in [2.75, 3.05) is 0 Å². The summed E-state index contributed by atoms with van der Waals surface area (Å²) in [5, 5.41) is 2.70. The van der Waals surface area contributed by atoms with Crippen molar-refractivity contribution < 1.29 is 4.84 Å². The molecule has 0 aliphatic rings. The highest BCUT2D eigenvalue weighted by Gasteiger charge is 2.10. The predicted octanol–water partition coefficient (Wildman–Crippen LogP) is 0.420. The summed E-state index contributed by atoms with van der Waals surface area (Å²) in [4.78, 5) is 14.0. The quantitative estimate of drug-likeness (QED) is 0.431. The van der Waals surface area contributed by atoms with Gasteiger partial charge in [-0.3, -0.25) is 4.84 Å². The zero-order chi connectivity index (χ0) is 6.57. The van der Waals surface area contributed by atoms with Gasteiger partial charge in [-0.05, 0) is 13.8 Å². The van der Waals surface area contributed by atoms with Crippen LogP contribution in [0.5, 0.6) is 0 Å². The molecule has 0 aromatic heterocycles. The van der Waals surface area contributed by atoms with Crippen molar-refractivity contribution in [1.29, 1.82) is 0 Å². The predicted molar refractivity (Wildman–Crippen MR) is 30.0 cm³/mol. The number of nitrogens with two attached hydrogens (primary N) is 1. The Bertz CT molecular complexity index is 76.4. The van der Waals surface area contributed by atoms with E-state index in [2.05, 4.69) is 10.0 Å². The van der Waals surface area contributed by atoms with Gasteiger partial charge in [-0.15, -0.1) is 0 Å². The highest BCUT2D eigenvalue weighted by atomic mass is 16.6. The molecule has 8 heavy (non-hydrogen) atoms. The molecule has 0 fully saturated rings. The molecule has 0 radical (unpaired) electrons. The van der Waals surface area contributed by atoms with Gasteiger partial charge in [-0.1, -0.05) is 5.18 Å². The van der Waals surface area contributed by atoms with Crippen molar-refractivity contribution in [1.82, 2.24) is 0 Å². The smallest absolute Gasteiger partial charge is 0.117 e. The molecule has 48 valence electrons. The standard InChI is InChI=1S/C4H10N2O2/c1-3(6-7)4(2)8-5/h3-4H,5H2,1-2H3. The van der Waals surface area contributed by atoms with E-state index < -0.39 is 0 Å². The number of nitrogens with zero attached hydrogens (tertiary/aromatic N) is 1. The van der Waals surface area contributed by atoms with Gasteiger partial charge in [-0.2, -0.15) is 4.91 Å². The molecule has 0 saturated carbocycles. The van der Waals surface area contributed by atoms with Crippen molar-refractivity contribution in [3.05, 3.63) is 4.91 Å². The van der Waals surface area contributed by atoms with Crippen molar-refractivity contribution >= 4 is 0 Å². The molecule has 0 bridgehead atoms. The summed E-state index contributed by atoms with van der Waals surface area (Å²) in [5.41, 5.74) is 0. The van der Waals surface area contributed by atoms with Crippen LogP contribution in [0.25, 0.3) is 0 Å². The molecule has 2 atom stereocenters. The van der Waals surface area contributed by atoms with Crippen LogP contribution in [-0.4, -0.2) is 12.1 Å². The Kier molecular flexibility index (Phi) is 3.30. The van der Waals surface area contributed by atoms with Gasteiger partial charge in [0.25, 0.3) is 0 Å². The van der Waals surface area contributed by atoms with Crippen molar-refractivity contribution in [3.8, 4) is 0 Å². The molecule has 4 heteroatoms. The van der Waals surface area contributed by atoms with Crippen molar-refractivity contribution in [3.63, 3.8) is 0 Å². The number of hydrogen-bond donors (Lipinski definition) is 1. The van der Waals surface area contributed by atoms with E-state index in [4.69, 9.17) is 5.90 Å². The lowest BCUT2D eigenvalue weighted by molar-refractivity contribution is 0.0526. The van der Waals surface area contributed by atoms with Gasteiger partial charge in [0.1, 0.15) is 12.1 Å². The summed E-state index contributed by atoms with van der Waals surface area (Å²) in [6.45, 7) is 3.33. The maximum Gasteiger partial charge on any atom is 0.117 e. The Morgan fingerprint density at radius 1 is 1.62 bits per heavy atom. The van der Waals surface area contributed by atoms with Crippen LogP contribution in [0.1, 0.15) is 13.8 Å². The molecule has 0 aliphatic carbocycles. The van der Waals surface area contributed by atoms with Crippen LogP contribution >= 0.6 is 0 Å². The van der Waals surface area contributed by atoms with Gasteiger partial charge in [0, 0.05) is 0 Å². The molecular formula is C4H10N2O2. The Balaban J connectivity index is 3.44. The third-order valence-corrected chi connectivity index (χ3v) is 1.06. The lowest BCUT2D eigenvalue weighted by Crippen LogP contribution is -2.23. The van der Waals surface area contributed by atoms with Crippen LogP contribution < -0.4 is 5.90 Å². The van der Waals surface area contributed by atoms with E-state index >= 15 is 0 Å². The summed E-state index contributed by atoms with van der Waals surface area (Å²) in [6, 6.07) is -0.361. The molecule has 0 saturated heterocycles. The minimum Gasteiger partial charge on any atom is -0.299 e.